The summed E-state index contributed by atoms with van der Waals surface area (Å²) in [5, 5.41) is 5.09. The van der Waals surface area contributed by atoms with E-state index in [0.29, 0.717) is 27.7 Å². The van der Waals surface area contributed by atoms with Crippen LogP contribution in [0.2, 0.25) is 5.02 Å². The van der Waals surface area contributed by atoms with Gasteiger partial charge < -0.3 is 10.1 Å². The number of ether oxygens (including phenoxy) is 1. The summed E-state index contributed by atoms with van der Waals surface area (Å²) in [5.41, 5.74) is 1.98. The summed E-state index contributed by atoms with van der Waals surface area (Å²) < 4.78 is 33.5. The Labute approximate surface area is 197 Å². The average Bonchev–Trinajstić information content (AvgIpc) is 2.80. The molecule has 4 rings (SSSR count). The number of halogens is 1. The summed E-state index contributed by atoms with van der Waals surface area (Å²) in [6.07, 6.45) is 0. The fourth-order valence-electron chi connectivity index (χ4n) is 3.39. The monoisotopic (exact) mass is 480 g/mol. The standard InChI is InChI=1S/C25H21ClN2O4S/c1-16-7-8-19(26)15-23(16)28-33(30,31)21-11-9-20(10-12-21)27-25(29)22-13-17-5-3-4-6-18(17)14-24(22)32-2/h3-15,28H,1-2H3,(H,27,29). The van der Waals surface area contributed by atoms with Crippen molar-refractivity contribution in [3.63, 3.8) is 0 Å². The van der Waals surface area contributed by atoms with Gasteiger partial charge in [0.2, 0.25) is 0 Å². The smallest absolute Gasteiger partial charge is 0.261 e. The Balaban J connectivity index is 1.54. The maximum Gasteiger partial charge on any atom is 0.261 e. The van der Waals surface area contributed by atoms with E-state index in [1.54, 1.807) is 31.2 Å². The second-order valence-electron chi connectivity index (χ2n) is 7.44. The van der Waals surface area contributed by atoms with Crippen LogP contribution in [-0.2, 0) is 10.0 Å². The molecule has 6 nitrogen and oxygen atoms in total. The fraction of sp³-hybridized carbons (Fsp3) is 0.0800. The van der Waals surface area contributed by atoms with Gasteiger partial charge in [0.05, 0.1) is 23.3 Å². The highest BCUT2D eigenvalue weighted by Gasteiger charge is 2.17. The summed E-state index contributed by atoms with van der Waals surface area (Å²) in [4.78, 5) is 13.0. The Morgan fingerprint density at radius 1 is 0.909 bits per heavy atom. The first-order chi connectivity index (χ1) is 15.8. The van der Waals surface area contributed by atoms with Gasteiger partial charge in [-0.3, -0.25) is 9.52 Å². The van der Waals surface area contributed by atoms with Gasteiger partial charge in [-0.05, 0) is 71.8 Å². The normalized spacial score (nSPS) is 11.2. The number of nitrogens with one attached hydrogen (secondary N) is 2. The van der Waals surface area contributed by atoms with Crippen molar-refractivity contribution in [3.8, 4) is 5.75 Å². The number of aryl methyl sites for hydroxylation is 1. The lowest BCUT2D eigenvalue weighted by molar-refractivity contribution is 0.102. The molecule has 0 spiro atoms. The number of carbonyl (C=O) groups is 1. The molecule has 8 heteroatoms. The molecule has 1 amide bonds. The van der Waals surface area contributed by atoms with E-state index in [0.717, 1.165) is 16.3 Å². The van der Waals surface area contributed by atoms with Crippen molar-refractivity contribution in [1.82, 2.24) is 0 Å². The third-order valence-electron chi connectivity index (χ3n) is 5.18. The molecule has 0 atom stereocenters. The van der Waals surface area contributed by atoms with Crippen molar-refractivity contribution in [2.45, 2.75) is 11.8 Å². The minimum absolute atomic E-state index is 0.0585. The minimum Gasteiger partial charge on any atom is -0.496 e. The van der Waals surface area contributed by atoms with E-state index in [1.165, 1.54) is 31.4 Å². The van der Waals surface area contributed by atoms with E-state index < -0.39 is 10.0 Å². The van der Waals surface area contributed by atoms with Crippen LogP contribution in [0, 0.1) is 6.92 Å². The molecule has 4 aromatic carbocycles. The average molecular weight is 481 g/mol. The topological polar surface area (TPSA) is 84.5 Å². The van der Waals surface area contributed by atoms with Crippen molar-refractivity contribution >= 4 is 49.7 Å². The molecule has 0 aliphatic carbocycles. The van der Waals surface area contributed by atoms with E-state index >= 15 is 0 Å². The van der Waals surface area contributed by atoms with Crippen molar-refractivity contribution in [1.29, 1.82) is 0 Å². The predicted octanol–water partition coefficient (Wildman–Crippen LogP) is 5.86. The predicted molar refractivity (Wildman–Crippen MR) is 132 cm³/mol. The van der Waals surface area contributed by atoms with Crippen LogP contribution in [0.15, 0.2) is 83.8 Å². The molecular formula is C25H21ClN2O4S. The summed E-state index contributed by atoms with van der Waals surface area (Å²) in [5.74, 6) is 0.0902. The minimum atomic E-state index is -3.83. The second kappa shape index (κ2) is 9.13. The van der Waals surface area contributed by atoms with E-state index in [1.807, 2.05) is 30.3 Å². The maximum absolute atomic E-state index is 12.9. The lowest BCUT2D eigenvalue weighted by Crippen LogP contribution is -2.15. The molecular weight excluding hydrogens is 460 g/mol. The second-order valence-corrected chi connectivity index (χ2v) is 9.56. The van der Waals surface area contributed by atoms with Crippen molar-refractivity contribution in [2.24, 2.45) is 0 Å². The molecule has 0 saturated carbocycles. The Hall–Kier alpha value is -3.55. The number of rotatable bonds is 6. The van der Waals surface area contributed by atoms with Gasteiger partial charge in [0.25, 0.3) is 15.9 Å². The highest BCUT2D eigenvalue weighted by Crippen LogP contribution is 2.28. The SMILES string of the molecule is COc1cc2ccccc2cc1C(=O)Nc1ccc(S(=O)(=O)Nc2cc(Cl)ccc2C)cc1. The first-order valence-electron chi connectivity index (χ1n) is 10.0. The molecule has 0 aliphatic rings. The summed E-state index contributed by atoms with van der Waals surface area (Å²) in [6.45, 7) is 1.79. The zero-order valence-electron chi connectivity index (χ0n) is 17.9. The molecule has 0 aliphatic heterocycles. The fourth-order valence-corrected chi connectivity index (χ4v) is 4.68. The van der Waals surface area contributed by atoms with Crippen LogP contribution in [-0.4, -0.2) is 21.4 Å². The van der Waals surface area contributed by atoms with Crippen LogP contribution in [0.4, 0.5) is 11.4 Å². The van der Waals surface area contributed by atoms with Crippen LogP contribution >= 0.6 is 11.6 Å². The number of methoxy groups -OCH3 is 1. The number of hydrogen-bond donors (Lipinski definition) is 2. The third kappa shape index (κ3) is 4.94. The molecule has 2 N–H and O–H groups in total. The van der Waals surface area contributed by atoms with Crippen molar-refractivity contribution < 1.29 is 17.9 Å². The summed E-state index contributed by atoms with van der Waals surface area (Å²) in [7, 11) is -2.32. The van der Waals surface area contributed by atoms with E-state index in [4.69, 9.17) is 16.3 Å². The molecule has 0 radical (unpaired) electrons. The Bertz CT molecular complexity index is 1450. The molecule has 0 aromatic heterocycles. The van der Waals surface area contributed by atoms with E-state index in [2.05, 4.69) is 10.0 Å². The van der Waals surface area contributed by atoms with E-state index in [9.17, 15) is 13.2 Å². The number of amides is 1. The van der Waals surface area contributed by atoms with E-state index in [-0.39, 0.29) is 10.8 Å². The van der Waals surface area contributed by atoms with Gasteiger partial charge in [0, 0.05) is 10.7 Å². The molecule has 33 heavy (non-hydrogen) atoms. The molecule has 0 unspecified atom stereocenters. The van der Waals surface area contributed by atoms with Gasteiger partial charge in [0.1, 0.15) is 5.75 Å². The van der Waals surface area contributed by atoms with Crippen LogP contribution < -0.4 is 14.8 Å². The Morgan fingerprint density at radius 2 is 1.58 bits per heavy atom. The first kappa shape index (κ1) is 22.6. The van der Waals surface area contributed by atoms with Gasteiger partial charge >= 0.3 is 0 Å². The largest absolute Gasteiger partial charge is 0.496 e. The molecule has 4 aromatic rings. The number of anilines is 2. The third-order valence-corrected chi connectivity index (χ3v) is 6.80. The molecule has 0 bridgehead atoms. The number of hydrogen-bond acceptors (Lipinski definition) is 4. The van der Waals surface area contributed by atoms with Crippen LogP contribution in [0.25, 0.3) is 10.8 Å². The lowest BCUT2D eigenvalue weighted by atomic mass is 10.1. The lowest BCUT2D eigenvalue weighted by Gasteiger charge is -2.13. The van der Waals surface area contributed by atoms with Gasteiger partial charge in [-0.2, -0.15) is 0 Å². The number of carbonyl (C=O) groups excluding carboxylic acids is 1. The van der Waals surface area contributed by atoms with Gasteiger partial charge in [-0.25, -0.2) is 8.42 Å². The highest BCUT2D eigenvalue weighted by atomic mass is 35.5. The quantitative estimate of drug-likeness (QED) is 0.362. The van der Waals surface area contributed by atoms with Gasteiger partial charge in [0.15, 0.2) is 0 Å². The zero-order valence-corrected chi connectivity index (χ0v) is 19.5. The van der Waals surface area contributed by atoms with Gasteiger partial charge in [-0.15, -0.1) is 0 Å². The zero-order chi connectivity index (χ0) is 23.6. The molecule has 168 valence electrons. The van der Waals surface area contributed by atoms with Crippen molar-refractivity contribution in [2.75, 3.05) is 17.1 Å². The van der Waals surface area contributed by atoms with Crippen LogP contribution in [0.5, 0.6) is 5.75 Å². The Kier molecular flexibility index (Phi) is 6.26. The number of sulfonamides is 1. The van der Waals surface area contributed by atoms with Crippen LogP contribution in [0.3, 0.4) is 0 Å². The maximum atomic E-state index is 12.9. The molecule has 0 saturated heterocycles. The summed E-state index contributed by atoms with van der Waals surface area (Å²) >= 11 is 5.98. The first-order valence-corrected chi connectivity index (χ1v) is 11.9. The molecule has 0 heterocycles. The Morgan fingerprint density at radius 3 is 2.24 bits per heavy atom. The van der Waals surface area contributed by atoms with Gasteiger partial charge in [-0.1, -0.05) is 41.9 Å². The van der Waals surface area contributed by atoms with Crippen molar-refractivity contribution in [3.05, 3.63) is 95.0 Å². The number of benzene rings is 4. The molecule has 0 fully saturated rings. The summed E-state index contributed by atoms with van der Waals surface area (Å²) in [6, 6.07) is 22.1. The number of fused-ring (bicyclic) bond motifs is 1. The highest BCUT2D eigenvalue weighted by molar-refractivity contribution is 7.92. The van der Waals surface area contributed by atoms with Crippen LogP contribution in [0.1, 0.15) is 15.9 Å².